The molecule has 0 aromatic carbocycles. The van der Waals surface area contributed by atoms with Gasteiger partial charge in [-0.15, -0.1) is 0 Å². The quantitative estimate of drug-likeness (QED) is 0.570. The van der Waals surface area contributed by atoms with E-state index in [-0.39, 0.29) is 6.04 Å². The lowest BCUT2D eigenvalue weighted by atomic mass is 10.2. The first-order valence-corrected chi connectivity index (χ1v) is 5.60. The van der Waals surface area contributed by atoms with Gasteiger partial charge in [0.05, 0.1) is 25.5 Å². The van der Waals surface area contributed by atoms with Crippen molar-refractivity contribution in [1.29, 1.82) is 0 Å². The summed E-state index contributed by atoms with van der Waals surface area (Å²) >= 11 is 0. The first kappa shape index (κ1) is 13.0. The number of rotatable bonds is 7. The fraction of sp³-hybridized carbons (Fsp3) is 0.538. The Balaban J connectivity index is 2.18. The maximum atomic E-state index is 5.40. The Morgan fingerprint density at radius 2 is 2.38 bits per heavy atom. The van der Waals surface area contributed by atoms with Gasteiger partial charge >= 0.3 is 0 Å². The number of furan rings is 1. The van der Waals surface area contributed by atoms with Crippen LogP contribution in [0.5, 0.6) is 0 Å². The van der Waals surface area contributed by atoms with E-state index < -0.39 is 0 Å². The van der Waals surface area contributed by atoms with Crippen molar-refractivity contribution >= 4 is 0 Å². The predicted molar refractivity (Wildman–Crippen MR) is 65.5 cm³/mol. The molecule has 1 heterocycles. The maximum Gasteiger partial charge on any atom is 0.123 e. The van der Waals surface area contributed by atoms with Crippen molar-refractivity contribution in [3.05, 3.63) is 35.8 Å². The van der Waals surface area contributed by atoms with Crippen LogP contribution < -0.4 is 5.32 Å². The summed E-state index contributed by atoms with van der Waals surface area (Å²) in [6.07, 6.45) is 1.72. The van der Waals surface area contributed by atoms with Gasteiger partial charge in [-0.3, -0.25) is 0 Å². The van der Waals surface area contributed by atoms with E-state index in [1.165, 1.54) is 5.56 Å². The Labute approximate surface area is 97.5 Å². The van der Waals surface area contributed by atoms with E-state index in [4.69, 9.17) is 9.15 Å². The smallest absolute Gasteiger partial charge is 0.123 e. The van der Waals surface area contributed by atoms with Crippen LogP contribution in [0.25, 0.3) is 0 Å². The zero-order valence-corrected chi connectivity index (χ0v) is 10.4. The third kappa shape index (κ3) is 4.21. The minimum atomic E-state index is 0.225. The van der Waals surface area contributed by atoms with Crippen LogP contribution in [0.2, 0.25) is 0 Å². The monoisotopic (exact) mass is 223 g/mol. The van der Waals surface area contributed by atoms with Gasteiger partial charge in [0, 0.05) is 6.54 Å². The fourth-order valence-corrected chi connectivity index (χ4v) is 1.51. The van der Waals surface area contributed by atoms with Crippen LogP contribution in [0.1, 0.15) is 31.2 Å². The van der Waals surface area contributed by atoms with E-state index in [0.717, 1.165) is 17.9 Å². The average molecular weight is 223 g/mol. The van der Waals surface area contributed by atoms with Crippen molar-refractivity contribution in [2.45, 2.75) is 26.8 Å². The Hall–Kier alpha value is -1.06. The third-order valence-electron chi connectivity index (χ3n) is 2.34. The normalized spacial score (nSPS) is 12.7. The lowest BCUT2D eigenvalue weighted by Crippen LogP contribution is -2.23. The van der Waals surface area contributed by atoms with E-state index in [1.54, 1.807) is 6.26 Å². The molecule has 0 spiro atoms. The molecule has 16 heavy (non-hydrogen) atoms. The van der Waals surface area contributed by atoms with Crippen molar-refractivity contribution in [3.8, 4) is 0 Å². The molecule has 1 aromatic heterocycles. The number of hydrogen-bond donors (Lipinski definition) is 1. The Morgan fingerprint density at radius 3 is 2.94 bits per heavy atom. The third-order valence-corrected chi connectivity index (χ3v) is 2.34. The van der Waals surface area contributed by atoms with E-state index in [0.29, 0.717) is 13.2 Å². The zero-order valence-electron chi connectivity index (χ0n) is 10.4. The number of nitrogens with one attached hydrogen (secondary N) is 1. The molecule has 0 saturated carbocycles. The molecular weight excluding hydrogens is 202 g/mol. The van der Waals surface area contributed by atoms with Gasteiger partial charge < -0.3 is 14.5 Å². The SMILES string of the molecule is C=C(C)COCCNC(C)c1occc1C. The summed E-state index contributed by atoms with van der Waals surface area (Å²) in [5.41, 5.74) is 2.23. The minimum absolute atomic E-state index is 0.225. The van der Waals surface area contributed by atoms with E-state index in [1.807, 2.05) is 13.0 Å². The van der Waals surface area contributed by atoms with E-state index in [2.05, 4.69) is 25.7 Å². The molecule has 1 rings (SSSR count). The van der Waals surface area contributed by atoms with Crippen molar-refractivity contribution in [2.75, 3.05) is 19.8 Å². The molecule has 90 valence electrons. The van der Waals surface area contributed by atoms with E-state index in [9.17, 15) is 0 Å². The Morgan fingerprint density at radius 1 is 1.62 bits per heavy atom. The van der Waals surface area contributed by atoms with Gasteiger partial charge in [-0.1, -0.05) is 12.2 Å². The van der Waals surface area contributed by atoms with Crippen LogP contribution in [0, 0.1) is 6.92 Å². The summed E-state index contributed by atoms with van der Waals surface area (Å²) in [7, 11) is 0. The van der Waals surface area contributed by atoms with Crippen LogP contribution >= 0.6 is 0 Å². The van der Waals surface area contributed by atoms with Gasteiger partial charge in [-0.2, -0.15) is 0 Å². The van der Waals surface area contributed by atoms with Crippen LogP contribution in [0.4, 0.5) is 0 Å². The highest BCUT2D eigenvalue weighted by Crippen LogP contribution is 2.17. The molecule has 0 amide bonds. The number of ether oxygens (including phenoxy) is 1. The fourth-order valence-electron chi connectivity index (χ4n) is 1.51. The predicted octanol–water partition coefficient (Wildman–Crippen LogP) is 2.83. The molecule has 0 aliphatic heterocycles. The molecule has 1 N–H and O–H groups in total. The van der Waals surface area contributed by atoms with Crippen molar-refractivity contribution in [2.24, 2.45) is 0 Å². The van der Waals surface area contributed by atoms with Gasteiger partial charge in [0.1, 0.15) is 5.76 Å². The second-order valence-electron chi connectivity index (χ2n) is 4.15. The lowest BCUT2D eigenvalue weighted by molar-refractivity contribution is 0.155. The molecule has 0 bridgehead atoms. The summed E-state index contributed by atoms with van der Waals surface area (Å²) in [5.74, 6) is 1.000. The van der Waals surface area contributed by atoms with E-state index >= 15 is 0 Å². The highest BCUT2D eigenvalue weighted by atomic mass is 16.5. The largest absolute Gasteiger partial charge is 0.467 e. The lowest BCUT2D eigenvalue weighted by Gasteiger charge is -2.12. The molecule has 0 radical (unpaired) electrons. The standard InChI is InChI=1S/C13H21NO2/c1-10(2)9-15-8-6-14-12(4)13-11(3)5-7-16-13/h5,7,12,14H,1,6,8-9H2,2-4H3. The van der Waals surface area contributed by atoms with Crippen LogP contribution in [0.15, 0.2) is 28.9 Å². The molecule has 0 fully saturated rings. The summed E-state index contributed by atoms with van der Waals surface area (Å²) in [5, 5.41) is 3.35. The summed E-state index contributed by atoms with van der Waals surface area (Å²) in [6, 6.07) is 2.20. The Kier molecular flexibility index (Phi) is 5.29. The van der Waals surface area contributed by atoms with Crippen LogP contribution in [-0.4, -0.2) is 19.8 Å². The van der Waals surface area contributed by atoms with Gasteiger partial charge in [0.25, 0.3) is 0 Å². The molecule has 0 aliphatic carbocycles. The molecule has 3 nitrogen and oxygen atoms in total. The molecule has 1 unspecified atom stereocenters. The van der Waals surface area contributed by atoms with Gasteiger partial charge in [0.2, 0.25) is 0 Å². The zero-order chi connectivity index (χ0) is 12.0. The molecular formula is C13H21NO2. The van der Waals surface area contributed by atoms with Crippen LogP contribution in [0.3, 0.4) is 0 Å². The minimum Gasteiger partial charge on any atom is -0.467 e. The van der Waals surface area contributed by atoms with Crippen molar-refractivity contribution < 1.29 is 9.15 Å². The summed E-state index contributed by atoms with van der Waals surface area (Å²) < 4.78 is 10.8. The highest BCUT2D eigenvalue weighted by molar-refractivity contribution is 5.17. The van der Waals surface area contributed by atoms with Crippen molar-refractivity contribution in [3.63, 3.8) is 0 Å². The topological polar surface area (TPSA) is 34.4 Å². The first-order valence-electron chi connectivity index (χ1n) is 5.60. The highest BCUT2D eigenvalue weighted by Gasteiger charge is 2.10. The molecule has 0 saturated heterocycles. The first-order chi connectivity index (χ1) is 7.61. The number of aryl methyl sites for hydroxylation is 1. The van der Waals surface area contributed by atoms with Gasteiger partial charge in [-0.05, 0) is 32.4 Å². The van der Waals surface area contributed by atoms with Crippen LogP contribution in [-0.2, 0) is 4.74 Å². The molecule has 3 heteroatoms. The maximum absolute atomic E-state index is 5.40. The molecule has 1 aromatic rings. The molecule has 1 atom stereocenters. The summed E-state index contributed by atoms with van der Waals surface area (Å²) in [4.78, 5) is 0. The summed E-state index contributed by atoms with van der Waals surface area (Å²) in [6.45, 7) is 12.0. The average Bonchev–Trinajstić information content (AvgIpc) is 2.63. The van der Waals surface area contributed by atoms with Gasteiger partial charge in [-0.25, -0.2) is 0 Å². The number of hydrogen-bond acceptors (Lipinski definition) is 3. The Bertz CT molecular complexity index is 330. The molecule has 0 aliphatic rings. The second-order valence-corrected chi connectivity index (χ2v) is 4.15. The van der Waals surface area contributed by atoms with Gasteiger partial charge in [0.15, 0.2) is 0 Å². The van der Waals surface area contributed by atoms with Crippen molar-refractivity contribution in [1.82, 2.24) is 5.32 Å². The second kappa shape index (κ2) is 6.51.